The average Bonchev–Trinajstić information content (AvgIpc) is 2.66. The van der Waals surface area contributed by atoms with E-state index in [9.17, 15) is 4.79 Å². The number of aromatic nitrogens is 3. The van der Waals surface area contributed by atoms with E-state index in [1.54, 1.807) is 13.1 Å². The van der Waals surface area contributed by atoms with E-state index in [4.69, 9.17) is 11.6 Å². The average molecular weight is 347 g/mol. The van der Waals surface area contributed by atoms with Crippen LogP contribution >= 0.6 is 39.3 Å². The molecule has 0 saturated heterocycles. The van der Waals surface area contributed by atoms with Gasteiger partial charge < -0.3 is 0 Å². The van der Waals surface area contributed by atoms with E-state index in [0.717, 1.165) is 4.90 Å². The fraction of sp³-hybridized carbons (Fsp3) is 0.182. The van der Waals surface area contributed by atoms with Crippen LogP contribution in [-0.2, 0) is 7.05 Å². The number of hydrogen-bond donors (Lipinski definition) is 0. The van der Waals surface area contributed by atoms with Gasteiger partial charge in [-0.15, -0.1) is 16.9 Å². The molecule has 0 bridgehead atoms. The molecule has 0 aliphatic heterocycles. The number of benzene rings is 1. The third-order valence-corrected chi connectivity index (χ3v) is 3.98. The van der Waals surface area contributed by atoms with Crippen LogP contribution in [0.3, 0.4) is 0 Å². The molecule has 94 valence electrons. The molecule has 4 nitrogen and oxygen atoms in total. The quantitative estimate of drug-likeness (QED) is 0.630. The zero-order valence-electron chi connectivity index (χ0n) is 9.43. The molecule has 0 radical (unpaired) electrons. The van der Waals surface area contributed by atoms with Crippen LogP contribution in [0.5, 0.6) is 0 Å². The lowest BCUT2D eigenvalue weighted by Gasteiger charge is -2.02. The Kier molecular flexibility index (Phi) is 4.42. The Balaban J connectivity index is 2.05. The maximum atomic E-state index is 12.0. The first-order valence-corrected chi connectivity index (χ1v) is 7.20. The number of carbonyl (C=O) groups excluding carboxylic acids is 1. The van der Waals surface area contributed by atoms with Crippen LogP contribution in [0.25, 0.3) is 0 Å². The number of carbonyl (C=O) groups is 1. The van der Waals surface area contributed by atoms with E-state index >= 15 is 0 Å². The number of ketones is 1. The van der Waals surface area contributed by atoms with Crippen molar-refractivity contribution in [2.45, 2.75) is 4.90 Å². The monoisotopic (exact) mass is 345 g/mol. The summed E-state index contributed by atoms with van der Waals surface area (Å²) in [5, 5.41) is 8.22. The van der Waals surface area contributed by atoms with Crippen LogP contribution in [0.4, 0.5) is 0 Å². The van der Waals surface area contributed by atoms with Crippen molar-refractivity contribution < 1.29 is 4.79 Å². The van der Waals surface area contributed by atoms with E-state index in [2.05, 4.69) is 26.2 Å². The SMILES string of the molecule is Cn1nnc(Br)c1C(=O)CSc1cccc(Cl)c1. The first-order chi connectivity index (χ1) is 8.58. The highest BCUT2D eigenvalue weighted by Crippen LogP contribution is 2.23. The van der Waals surface area contributed by atoms with Gasteiger partial charge >= 0.3 is 0 Å². The highest BCUT2D eigenvalue weighted by Gasteiger charge is 2.16. The van der Waals surface area contributed by atoms with Crippen LogP contribution in [0.15, 0.2) is 33.8 Å². The summed E-state index contributed by atoms with van der Waals surface area (Å²) in [6, 6.07) is 7.40. The summed E-state index contributed by atoms with van der Waals surface area (Å²) >= 11 is 10.5. The van der Waals surface area contributed by atoms with Crippen molar-refractivity contribution in [1.82, 2.24) is 15.0 Å². The molecular weight excluding hydrogens is 338 g/mol. The van der Waals surface area contributed by atoms with Gasteiger partial charge in [-0.3, -0.25) is 4.79 Å². The normalized spacial score (nSPS) is 10.6. The minimum Gasteiger partial charge on any atom is -0.291 e. The molecule has 0 atom stereocenters. The van der Waals surface area contributed by atoms with Crippen molar-refractivity contribution >= 4 is 45.1 Å². The molecule has 1 aromatic heterocycles. The number of hydrogen-bond acceptors (Lipinski definition) is 4. The third-order valence-electron chi connectivity index (χ3n) is 2.22. The largest absolute Gasteiger partial charge is 0.291 e. The minimum atomic E-state index is -0.0284. The van der Waals surface area contributed by atoms with E-state index < -0.39 is 0 Å². The number of halogens is 2. The van der Waals surface area contributed by atoms with Crippen molar-refractivity contribution in [1.29, 1.82) is 0 Å². The van der Waals surface area contributed by atoms with Gasteiger partial charge in [0.25, 0.3) is 0 Å². The fourth-order valence-electron chi connectivity index (χ4n) is 1.40. The molecule has 0 aliphatic rings. The van der Waals surface area contributed by atoms with Gasteiger partial charge in [-0.2, -0.15) is 0 Å². The summed E-state index contributed by atoms with van der Waals surface area (Å²) in [4.78, 5) is 13.0. The molecule has 1 heterocycles. The summed E-state index contributed by atoms with van der Waals surface area (Å²) in [5.74, 6) is 0.291. The van der Waals surface area contributed by atoms with E-state index in [0.29, 0.717) is 21.1 Å². The number of Topliss-reactive ketones (excluding diaryl/α,β-unsaturated/α-hetero) is 1. The number of nitrogens with zero attached hydrogens (tertiary/aromatic N) is 3. The van der Waals surface area contributed by atoms with Crippen LogP contribution in [0.2, 0.25) is 5.02 Å². The molecule has 2 aromatic rings. The first-order valence-electron chi connectivity index (χ1n) is 5.04. The molecule has 0 amide bonds. The van der Waals surface area contributed by atoms with Gasteiger partial charge in [0.15, 0.2) is 10.4 Å². The molecule has 18 heavy (non-hydrogen) atoms. The van der Waals surface area contributed by atoms with E-state index in [1.807, 2.05) is 18.2 Å². The van der Waals surface area contributed by atoms with Crippen molar-refractivity contribution in [3.8, 4) is 0 Å². The van der Waals surface area contributed by atoms with Crippen LogP contribution < -0.4 is 0 Å². The predicted octanol–water partition coefficient (Wildman–Crippen LogP) is 3.21. The second-order valence-electron chi connectivity index (χ2n) is 3.52. The molecular formula is C11H9BrClN3OS. The van der Waals surface area contributed by atoms with Crippen molar-refractivity contribution in [2.24, 2.45) is 7.05 Å². The minimum absolute atomic E-state index is 0.0284. The fourth-order valence-corrected chi connectivity index (χ4v) is 3.02. The molecule has 0 fully saturated rings. The van der Waals surface area contributed by atoms with Gasteiger partial charge in [-0.25, -0.2) is 4.68 Å². The third kappa shape index (κ3) is 3.13. The lowest BCUT2D eigenvalue weighted by Crippen LogP contribution is -2.09. The topological polar surface area (TPSA) is 47.8 Å². The van der Waals surface area contributed by atoms with Crippen molar-refractivity contribution in [3.63, 3.8) is 0 Å². The van der Waals surface area contributed by atoms with Crippen LogP contribution in [0.1, 0.15) is 10.5 Å². The molecule has 7 heteroatoms. The molecule has 2 rings (SSSR count). The summed E-state index contributed by atoms with van der Waals surface area (Å²) in [7, 11) is 1.69. The maximum Gasteiger partial charge on any atom is 0.193 e. The summed E-state index contributed by atoms with van der Waals surface area (Å²) in [6.07, 6.45) is 0. The molecule has 0 N–H and O–H groups in total. The Hall–Kier alpha value is -0.850. The second-order valence-corrected chi connectivity index (χ2v) is 5.76. The number of aryl methyl sites for hydroxylation is 1. The van der Waals surface area contributed by atoms with Gasteiger partial charge in [-0.05, 0) is 34.1 Å². The number of rotatable bonds is 4. The Bertz CT molecular complexity index is 568. The molecule has 0 aliphatic carbocycles. The van der Waals surface area contributed by atoms with E-state index in [-0.39, 0.29) is 5.78 Å². The Morgan fingerprint density at radius 2 is 2.33 bits per heavy atom. The first kappa shape index (κ1) is 13.6. The van der Waals surface area contributed by atoms with Crippen LogP contribution in [-0.4, -0.2) is 26.5 Å². The Morgan fingerprint density at radius 1 is 1.56 bits per heavy atom. The van der Waals surface area contributed by atoms with Crippen molar-refractivity contribution in [2.75, 3.05) is 5.75 Å². The highest BCUT2D eigenvalue weighted by atomic mass is 79.9. The lowest BCUT2D eigenvalue weighted by atomic mass is 10.3. The summed E-state index contributed by atoms with van der Waals surface area (Å²) in [5.41, 5.74) is 0.476. The summed E-state index contributed by atoms with van der Waals surface area (Å²) in [6.45, 7) is 0. The van der Waals surface area contributed by atoms with Crippen LogP contribution in [0, 0.1) is 0 Å². The van der Waals surface area contributed by atoms with Gasteiger partial charge in [0.1, 0.15) is 5.69 Å². The Labute approximate surface area is 122 Å². The van der Waals surface area contributed by atoms with Gasteiger partial charge in [0.2, 0.25) is 0 Å². The number of thioether (sulfide) groups is 1. The lowest BCUT2D eigenvalue weighted by molar-refractivity contribution is 0.101. The molecule has 0 unspecified atom stereocenters. The maximum absolute atomic E-state index is 12.0. The van der Waals surface area contributed by atoms with E-state index in [1.165, 1.54) is 16.4 Å². The van der Waals surface area contributed by atoms with Gasteiger partial charge in [0, 0.05) is 17.0 Å². The van der Waals surface area contributed by atoms with Crippen molar-refractivity contribution in [3.05, 3.63) is 39.6 Å². The summed E-state index contributed by atoms with van der Waals surface area (Å²) < 4.78 is 1.94. The second kappa shape index (κ2) is 5.86. The van der Waals surface area contributed by atoms with Gasteiger partial charge in [0.05, 0.1) is 5.75 Å². The molecule has 0 saturated carbocycles. The Morgan fingerprint density at radius 3 is 2.94 bits per heavy atom. The smallest absolute Gasteiger partial charge is 0.193 e. The standard InChI is InChI=1S/C11H9BrClN3OS/c1-16-10(11(12)14-15-16)9(17)6-18-8-4-2-3-7(13)5-8/h2-5H,6H2,1H3. The zero-order valence-corrected chi connectivity index (χ0v) is 12.6. The zero-order chi connectivity index (χ0) is 13.1. The highest BCUT2D eigenvalue weighted by molar-refractivity contribution is 9.10. The van der Waals surface area contributed by atoms with Gasteiger partial charge in [-0.1, -0.05) is 22.9 Å². The molecule has 1 aromatic carbocycles. The predicted molar refractivity (Wildman–Crippen MR) is 75.2 cm³/mol. The molecule has 0 spiro atoms.